The summed E-state index contributed by atoms with van der Waals surface area (Å²) in [5.41, 5.74) is 2.55. The first kappa shape index (κ1) is 18.1. The number of hydrogen-bond donors (Lipinski definition) is 2. The number of carbonyl (C=O) groups excluding carboxylic acids is 2. The largest absolute Gasteiger partial charge is 0.338 e. The smallest absolute Gasteiger partial charge is 0.246 e. The summed E-state index contributed by atoms with van der Waals surface area (Å²) < 4.78 is 1.86. The van der Waals surface area contributed by atoms with Gasteiger partial charge in [0.15, 0.2) is 5.13 Å². The van der Waals surface area contributed by atoms with Crippen molar-refractivity contribution in [2.75, 3.05) is 10.6 Å². The van der Waals surface area contributed by atoms with E-state index < -0.39 is 0 Å². The molecular formula is C19H22N4O2S. The van der Waals surface area contributed by atoms with Crippen LogP contribution in [0.25, 0.3) is 10.9 Å². The van der Waals surface area contributed by atoms with Crippen LogP contribution in [0.1, 0.15) is 33.4 Å². The van der Waals surface area contributed by atoms with E-state index in [-0.39, 0.29) is 23.8 Å². The highest BCUT2D eigenvalue weighted by Crippen LogP contribution is 2.27. The van der Waals surface area contributed by atoms with Gasteiger partial charge in [0.1, 0.15) is 6.54 Å². The molecule has 3 rings (SSSR count). The Kier molecular flexibility index (Phi) is 4.82. The molecule has 0 aliphatic heterocycles. The van der Waals surface area contributed by atoms with Crippen LogP contribution in [0.5, 0.6) is 0 Å². The third-order valence-corrected chi connectivity index (χ3v) is 4.72. The van der Waals surface area contributed by atoms with Gasteiger partial charge in [-0.3, -0.25) is 9.59 Å². The zero-order valence-corrected chi connectivity index (χ0v) is 16.1. The first-order valence-corrected chi connectivity index (χ1v) is 9.23. The van der Waals surface area contributed by atoms with Crippen LogP contribution < -0.4 is 10.6 Å². The van der Waals surface area contributed by atoms with Gasteiger partial charge in [-0.15, -0.1) is 11.3 Å². The first-order chi connectivity index (χ1) is 12.2. The average molecular weight is 370 g/mol. The first-order valence-electron chi connectivity index (χ1n) is 8.35. The molecule has 1 aromatic carbocycles. The molecule has 2 heterocycles. The van der Waals surface area contributed by atoms with Crippen LogP contribution >= 0.6 is 11.3 Å². The monoisotopic (exact) mass is 370 g/mol. The molecule has 2 aromatic heterocycles. The van der Waals surface area contributed by atoms with Gasteiger partial charge in [-0.25, -0.2) is 4.98 Å². The molecule has 0 aliphatic rings. The lowest BCUT2D eigenvalue weighted by Crippen LogP contribution is -2.18. The van der Waals surface area contributed by atoms with Crippen molar-refractivity contribution in [3.05, 3.63) is 41.5 Å². The molecule has 0 saturated heterocycles. The lowest BCUT2D eigenvalue weighted by Gasteiger charge is -2.14. The van der Waals surface area contributed by atoms with Crippen LogP contribution in [0.3, 0.4) is 0 Å². The van der Waals surface area contributed by atoms with Crippen LogP contribution in [-0.4, -0.2) is 21.4 Å². The fourth-order valence-electron chi connectivity index (χ4n) is 2.65. The Balaban J connectivity index is 1.75. The molecule has 136 valence electrons. The summed E-state index contributed by atoms with van der Waals surface area (Å²) in [6.07, 6.45) is 1.85. The summed E-state index contributed by atoms with van der Waals surface area (Å²) >= 11 is 1.43. The lowest BCUT2D eigenvalue weighted by molar-refractivity contribution is -0.116. The molecule has 0 radical (unpaired) electrons. The topological polar surface area (TPSA) is 76.0 Å². The van der Waals surface area contributed by atoms with Gasteiger partial charge in [-0.2, -0.15) is 0 Å². The molecule has 2 N–H and O–H groups in total. The second kappa shape index (κ2) is 6.92. The van der Waals surface area contributed by atoms with Gasteiger partial charge in [0.05, 0.1) is 16.9 Å². The fraction of sp³-hybridized carbons (Fsp3) is 0.316. The van der Waals surface area contributed by atoms with E-state index in [0.29, 0.717) is 5.13 Å². The van der Waals surface area contributed by atoms with Crippen molar-refractivity contribution in [1.82, 2.24) is 9.55 Å². The zero-order valence-electron chi connectivity index (χ0n) is 15.3. The molecular weight excluding hydrogens is 348 g/mol. The third-order valence-electron chi connectivity index (χ3n) is 3.96. The van der Waals surface area contributed by atoms with Gasteiger partial charge in [0, 0.05) is 29.3 Å². The van der Waals surface area contributed by atoms with Gasteiger partial charge in [-0.05, 0) is 18.2 Å². The minimum atomic E-state index is -0.137. The lowest BCUT2D eigenvalue weighted by atomic mass is 9.93. The van der Waals surface area contributed by atoms with E-state index in [1.807, 2.05) is 40.4 Å². The van der Waals surface area contributed by atoms with Crippen LogP contribution in [0.2, 0.25) is 0 Å². The van der Waals surface area contributed by atoms with Gasteiger partial charge in [0.25, 0.3) is 0 Å². The number of rotatable bonds is 4. The highest BCUT2D eigenvalue weighted by Gasteiger charge is 2.18. The molecule has 3 aromatic rings. The van der Waals surface area contributed by atoms with Crippen molar-refractivity contribution >= 4 is 44.9 Å². The standard InChI is InChI=1S/C19H22N4O2S/c1-12(24)20-14-6-5-7-15-13(14)8-9-23(15)10-17(25)22-18-21-16(11-26-18)19(2,3)4/h5-9,11H,10H2,1-4H3,(H,20,24)(H,21,22,25). The van der Waals surface area contributed by atoms with Crippen molar-refractivity contribution in [2.45, 2.75) is 39.7 Å². The molecule has 0 fully saturated rings. The van der Waals surface area contributed by atoms with Crippen molar-refractivity contribution in [3.8, 4) is 0 Å². The summed E-state index contributed by atoms with van der Waals surface area (Å²) in [4.78, 5) is 28.2. The second-order valence-corrected chi connectivity index (χ2v) is 8.06. The van der Waals surface area contributed by atoms with E-state index in [0.717, 1.165) is 22.3 Å². The van der Waals surface area contributed by atoms with Gasteiger partial charge >= 0.3 is 0 Å². The highest BCUT2D eigenvalue weighted by molar-refractivity contribution is 7.13. The van der Waals surface area contributed by atoms with Crippen LogP contribution in [0.15, 0.2) is 35.8 Å². The number of nitrogens with zero attached hydrogens (tertiary/aromatic N) is 2. The number of carbonyl (C=O) groups is 2. The fourth-order valence-corrected chi connectivity index (χ4v) is 3.60. The van der Waals surface area contributed by atoms with Crippen LogP contribution in [0, 0.1) is 0 Å². The molecule has 0 saturated carbocycles. The van der Waals surface area contributed by atoms with Crippen molar-refractivity contribution in [3.63, 3.8) is 0 Å². The summed E-state index contributed by atoms with van der Waals surface area (Å²) in [7, 11) is 0. The Labute approximate surface area is 156 Å². The molecule has 0 atom stereocenters. The van der Waals surface area contributed by atoms with Crippen molar-refractivity contribution in [2.24, 2.45) is 0 Å². The maximum Gasteiger partial charge on any atom is 0.246 e. The number of anilines is 2. The van der Waals surface area contributed by atoms with Crippen molar-refractivity contribution < 1.29 is 9.59 Å². The maximum atomic E-state index is 12.4. The molecule has 2 amide bonds. The van der Waals surface area contributed by atoms with E-state index in [2.05, 4.69) is 36.4 Å². The molecule has 0 aliphatic carbocycles. The second-order valence-electron chi connectivity index (χ2n) is 7.20. The predicted octanol–water partition coefficient (Wildman–Crippen LogP) is 3.99. The minimum Gasteiger partial charge on any atom is -0.338 e. The van der Waals surface area contributed by atoms with E-state index in [1.54, 1.807) is 0 Å². The predicted molar refractivity (Wildman–Crippen MR) is 106 cm³/mol. The van der Waals surface area contributed by atoms with Gasteiger partial charge < -0.3 is 15.2 Å². The molecule has 6 nitrogen and oxygen atoms in total. The van der Waals surface area contributed by atoms with Crippen LogP contribution in [-0.2, 0) is 21.5 Å². The Morgan fingerprint density at radius 1 is 1.19 bits per heavy atom. The number of nitrogens with one attached hydrogen (secondary N) is 2. The SMILES string of the molecule is CC(=O)Nc1cccc2c1ccn2CC(=O)Nc1nc(C(C)(C)C)cs1. The average Bonchev–Trinajstić information content (AvgIpc) is 3.15. The molecule has 26 heavy (non-hydrogen) atoms. The molecule has 0 unspecified atom stereocenters. The van der Waals surface area contributed by atoms with Gasteiger partial charge in [-0.1, -0.05) is 26.8 Å². The number of hydrogen-bond acceptors (Lipinski definition) is 4. The Hall–Kier alpha value is -2.67. The summed E-state index contributed by atoms with van der Waals surface area (Å²) in [5.74, 6) is -0.261. The highest BCUT2D eigenvalue weighted by atomic mass is 32.1. The number of amides is 2. The number of fused-ring (bicyclic) bond motifs is 1. The number of aromatic nitrogens is 2. The Bertz CT molecular complexity index is 965. The van der Waals surface area contributed by atoms with E-state index in [9.17, 15) is 9.59 Å². The summed E-state index contributed by atoms with van der Waals surface area (Å²) in [6, 6.07) is 7.53. The maximum absolute atomic E-state index is 12.4. The Morgan fingerprint density at radius 3 is 2.62 bits per heavy atom. The third kappa shape index (κ3) is 3.94. The molecule has 0 spiro atoms. The summed E-state index contributed by atoms with van der Waals surface area (Å²) in [5, 5.41) is 9.15. The molecule has 0 bridgehead atoms. The molecule has 7 heteroatoms. The van der Waals surface area contributed by atoms with Crippen molar-refractivity contribution in [1.29, 1.82) is 0 Å². The quantitative estimate of drug-likeness (QED) is 0.729. The zero-order chi connectivity index (χ0) is 18.9. The van der Waals surface area contributed by atoms with Gasteiger partial charge in [0.2, 0.25) is 11.8 Å². The number of thiazole rings is 1. The van der Waals surface area contributed by atoms with E-state index in [4.69, 9.17) is 0 Å². The minimum absolute atomic E-state index is 0.0454. The Morgan fingerprint density at radius 2 is 1.96 bits per heavy atom. The summed E-state index contributed by atoms with van der Waals surface area (Å²) in [6.45, 7) is 7.92. The van der Waals surface area contributed by atoms with E-state index >= 15 is 0 Å². The van der Waals surface area contributed by atoms with E-state index in [1.165, 1.54) is 18.3 Å². The normalized spacial score (nSPS) is 11.5. The number of benzene rings is 1. The van der Waals surface area contributed by atoms with Crippen LogP contribution in [0.4, 0.5) is 10.8 Å².